The van der Waals surface area contributed by atoms with Gasteiger partial charge in [-0.25, -0.2) is 4.79 Å². The first kappa shape index (κ1) is 24.2. The lowest BCUT2D eigenvalue weighted by Gasteiger charge is -2.27. The first-order valence-corrected chi connectivity index (χ1v) is 11.4. The normalized spacial score (nSPS) is 20.8. The van der Waals surface area contributed by atoms with Crippen LogP contribution < -0.4 is 15.5 Å². The number of carbonyl (C=O) groups is 2. The fourth-order valence-corrected chi connectivity index (χ4v) is 4.01. The summed E-state index contributed by atoms with van der Waals surface area (Å²) in [5.74, 6) is -0.240. The molecule has 2 unspecified atom stereocenters. The molecule has 0 radical (unpaired) electrons. The third kappa shape index (κ3) is 6.30. The molecule has 10 heteroatoms. The zero-order valence-corrected chi connectivity index (χ0v) is 19.3. The van der Waals surface area contributed by atoms with Crippen molar-refractivity contribution in [2.24, 2.45) is 5.92 Å². The highest BCUT2D eigenvalue weighted by Crippen LogP contribution is 2.37. The van der Waals surface area contributed by atoms with Gasteiger partial charge in [-0.2, -0.15) is 0 Å². The monoisotopic (exact) mass is 465 g/mol. The molecule has 1 aromatic rings. The molecule has 0 saturated carbocycles. The van der Waals surface area contributed by atoms with E-state index < -0.39 is 6.09 Å². The maximum absolute atomic E-state index is 13.0. The van der Waals surface area contributed by atoms with Crippen molar-refractivity contribution < 1.29 is 28.9 Å². The Morgan fingerprint density at radius 3 is 2.88 bits per heavy atom. The highest BCUT2D eigenvalue weighted by atomic mass is 32.1. The van der Waals surface area contributed by atoms with Crippen LogP contribution >= 0.6 is 12.2 Å². The minimum Gasteiger partial charge on any atom is -0.506 e. The summed E-state index contributed by atoms with van der Waals surface area (Å²) in [5, 5.41) is 15.8. The lowest BCUT2D eigenvalue weighted by molar-refractivity contribution is -0.161. The predicted octanol–water partition coefficient (Wildman–Crippen LogP) is 3.29. The van der Waals surface area contributed by atoms with Crippen LogP contribution in [0.25, 0.3) is 0 Å². The van der Waals surface area contributed by atoms with Crippen molar-refractivity contribution in [3.05, 3.63) is 17.7 Å². The molecule has 2 aliphatic heterocycles. The van der Waals surface area contributed by atoms with E-state index in [2.05, 4.69) is 10.6 Å². The zero-order chi connectivity index (χ0) is 23.1. The summed E-state index contributed by atoms with van der Waals surface area (Å²) in [6.07, 6.45) is 3.43. The Morgan fingerprint density at radius 1 is 1.34 bits per heavy atom. The van der Waals surface area contributed by atoms with Crippen molar-refractivity contribution in [1.82, 2.24) is 5.32 Å². The minimum atomic E-state index is -0.674. The second kappa shape index (κ2) is 11.4. The van der Waals surface area contributed by atoms with E-state index in [0.29, 0.717) is 44.0 Å². The maximum atomic E-state index is 13.0. The maximum Gasteiger partial charge on any atom is 0.413 e. The van der Waals surface area contributed by atoms with Crippen molar-refractivity contribution in [2.45, 2.75) is 52.2 Å². The van der Waals surface area contributed by atoms with Gasteiger partial charge in [-0.05, 0) is 62.9 Å². The van der Waals surface area contributed by atoms with Gasteiger partial charge in [0.15, 0.2) is 11.4 Å². The summed E-state index contributed by atoms with van der Waals surface area (Å²) >= 11 is 5.12. The number of amides is 2. The third-order valence-electron chi connectivity index (χ3n) is 5.52. The van der Waals surface area contributed by atoms with E-state index in [1.165, 1.54) is 0 Å². The number of alkyl carbamates (subject to hydrolysis) is 1. The number of hydrogen-bond donors (Lipinski definition) is 3. The van der Waals surface area contributed by atoms with Gasteiger partial charge in [0.1, 0.15) is 5.75 Å². The van der Waals surface area contributed by atoms with E-state index in [-0.39, 0.29) is 35.6 Å². The van der Waals surface area contributed by atoms with E-state index in [1.54, 1.807) is 24.0 Å². The minimum absolute atomic E-state index is 0.00322. The molecule has 2 amide bonds. The second-order valence-electron chi connectivity index (χ2n) is 7.89. The van der Waals surface area contributed by atoms with Gasteiger partial charge in [0.05, 0.1) is 24.6 Å². The van der Waals surface area contributed by atoms with Crippen molar-refractivity contribution in [1.29, 1.82) is 0 Å². The average Bonchev–Trinajstić information content (AvgIpc) is 2.87. The molecule has 2 atom stereocenters. The molecule has 0 bridgehead atoms. The summed E-state index contributed by atoms with van der Waals surface area (Å²) in [5.41, 5.74) is 1.90. The molecule has 32 heavy (non-hydrogen) atoms. The van der Waals surface area contributed by atoms with Crippen LogP contribution in [0.1, 0.15) is 45.1 Å². The van der Waals surface area contributed by atoms with Gasteiger partial charge in [0.2, 0.25) is 5.91 Å². The van der Waals surface area contributed by atoms with Crippen LogP contribution in [0.5, 0.6) is 5.75 Å². The van der Waals surface area contributed by atoms with Crippen LogP contribution in [-0.2, 0) is 25.4 Å². The Balaban J connectivity index is 1.73. The second-order valence-corrected chi connectivity index (χ2v) is 8.30. The quantitative estimate of drug-likeness (QED) is 0.434. The fourth-order valence-electron chi connectivity index (χ4n) is 3.82. The number of hydrogen-bond acceptors (Lipinski definition) is 7. The predicted molar refractivity (Wildman–Crippen MR) is 124 cm³/mol. The SMILES string of the molecule is CCOC(=O)NC(=S)Nc1cc2c(cc1O)N(CCOC1CCCCO1)C(=O)C(C)CC2. The fraction of sp³-hybridized carbons (Fsp3) is 0.591. The average molecular weight is 466 g/mol. The summed E-state index contributed by atoms with van der Waals surface area (Å²) < 4.78 is 16.2. The molecule has 176 valence electrons. The van der Waals surface area contributed by atoms with Gasteiger partial charge < -0.3 is 29.5 Å². The van der Waals surface area contributed by atoms with Crippen LogP contribution in [0.15, 0.2) is 12.1 Å². The van der Waals surface area contributed by atoms with Crippen LogP contribution in [-0.4, -0.2) is 54.9 Å². The summed E-state index contributed by atoms with van der Waals surface area (Å²) in [6.45, 7) is 5.22. The first-order valence-electron chi connectivity index (χ1n) is 11.0. The molecule has 1 aromatic carbocycles. The number of anilines is 2. The van der Waals surface area contributed by atoms with Crippen LogP contribution in [0.3, 0.4) is 0 Å². The Bertz CT molecular complexity index is 843. The topological polar surface area (TPSA) is 109 Å². The molecular weight excluding hydrogens is 434 g/mol. The number of thiocarbonyl (C=S) groups is 1. The molecule has 1 saturated heterocycles. The zero-order valence-electron chi connectivity index (χ0n) is 18.5. The number of phenols is 1. The number of nitrogens with one attached hydrogen (secondary N) is 2. The molecule has 1 fully saturated rings. The van der Waals surface area contributed by atoms with E-state index >= 15 is 0 Å². The van der Waals surface area contributed by atoms with E-state index in [1.807, 2.05) is 6.92 Å². The molecular formula is C22H31N3O6S. The number of carbonyl (C=O) groups excluding carboxylic acids is 2. The Morgan fingerprint density at radius 2 is 2.16 bits per heavy atom. The Hall–Kier alpha value is -2.43. The van der Waals surface area contributed by atoms with E-state index in [0.717, 1.165) is 24.8 Å². The first-order chi connectivity index (χ1) is 15.4. The summed E-state index contributed by atoms with van der Waals surface area (Å²) in [7, 11) is 0. The van der Waals surface area contributed by atoms with Crippen LogP contribution in [0.4, 0.5) is 16.2 Å². The molecule has 0 aliphatic carbocycles. The standard InChI is InChI=1S/C22H31N3O6S/c1-3-29-22(28)24-21(32)23-16-12-15-8-7-14(2)20(27)25(17(15)13-18(16)26)9-11-31-19-6-4-5-10-30-19/h12-14,19,26H,3-11H2,1-2H3,(H2,23,24,28,32). The lowest BCUT2D eigenvalue weighted by atomic mass is 10.0. The van der Waals surface area contributed by atoms with Crippen LogP contribution in [0.2, 0.25) is 0 Å². The molecule has 3 N–H and O–H groups in total. The number of rotatable bonds is 6. The Kier molecular flexibility index (Phi) is 8.66. The summed E-state index contributed by atoms with van der Waals surface area (Å²) in [6, 6.07) is 3.31. The van der Waals surface area contributed by atoms with Gasteiger partial charge in [-0.15, -0.1) is 0 Å². The number of phenolic OH excluding ortho intramolecular Hbond substituents is 1. The smallest absolute Gasteiger partial charge is 0.413 e. The van der Waals surface area contributed by atoms with Gasteiger partial charge in [-0.1, -0.05) is 6.92 Å². The van der Waals surface area contributed by atoms with E-state index in [9.17, 15) is 14.7 Å². The molecule has 0 aromatic heterocycles. The van der Waals surface area contributed by atoms with Gasteiger partial charge in [0, 0.05) is 25.1 Å². The van der Waals surface area contributed by atoms with Crippen molar-refractivity contribution in [2.75, 3.05) is 36.6 Å². The third-order valence-corrected chi connectivity index (χ3v) is 5.72. The molecule has 9 nitrogen and oxygen atoms in total. The number of aryl methyl sites for hydroxylation is 1. The highest BCUT2D eigenvalue weighted by Gasteiger charge is 2.29. The molecule has 2 aliphatic rings. The molecule has 2 heterocycles. The number of benzene rings is 1. The number of fused-ring (bicyclic) bond motifs is 1. The largest absolute Gasteiger partial charge is 0.506 e. The molecule has 3 rings (SSSR count). The van der Waals surface area contributed by atoms with E-state index in [4.69, 9.17) is 26.4 Å². The van der Waals surface area contributed by atoms with Crippen LogP contribution in [0, 0.1) is 5.92 Å². The van der Waals surface area contributed by atoms with Crippen molar-refractivity contribution in [3.8, 4) is 5.75 Å². The highest BCUT2D eigenvalue weighted by molar-refractivity contribution is 7.80. The van der Waals surface area contributed by atoms with Crippen molar-refractivity contribution in [3.63, 3.8) is 0 Å². The lowest BCUT2D eigenvalue weighted by Crippen LogP contribution is -2.38. The number of ether oxygens (including phenoxy) is 3. The number of nitrogens with zero attached hydrogens (tertiary/aromatic N) is 1. The molecule has 0 spiro atoms. The Labute approximate surface area is 193 Å². The van der Waals surface area contributed by atoms with Gasteiger partial charge in [0.25, 0.3) is 0 Å². The van der Waals surface area contributed by atoms with Gasteiger partial charge >= 0.3 is 6.09 Å². The van der Waals surface area contributed by atoms with Crippen molar-refractivity contribution >= 4 is 40.7 Å². The summed E-state index contributed by atoms with van der Waals surface area (Å²) in [4.78, 5) is 26.2. The number of aromatic hydroxyl groups is 1. The van der Waals surface area contributed by atoms with Gasteiger partial charge in [-0.3, -0.25) is 10.1 Å².